The van der Waals surface area contributed by atoms with Gasteiger partial charge in [0.25, 0.3) is 0 Å². The third-order valence-electron chi connectivity index (χ3n) is 5.53. The van der Waals surface area contributed by atoms with Gasteiger partial charge in [-0.05, 0) is 35.3 Å². The molecule has 114 valence electrons. The van der Waals surface area contributed by atoms with Crippen LogP contribution in [0.3, 0.4) is 0 Å². The Morgan fingerprint density at radius 3 is 3.00 bits per heavy atom. The Bertz CT molecular complexity index is 709. The van der Waals surface area contributed by atoms with Crippen LogP contribution >= 0.6 is 0 Å². The molecule has 0 amide bonds. The summed E-state index contributed by atoms with van der Waals surface area (Å²) in [5.74, 6) is 1.77. The van der Waals surface area contributed by atoms with Crippen LogP contribution < -0.4 is 9.47 Å². The SMILES string of the molecule is CO[C@@H]1C=CC2=CCN3CCc4cc5c(cc4[C@@]23C1)OCO5. The van der Waals surface area contributed by atoms with Crippen molar-refractivity contribution in [1.29, 1.82) is 0 Å². The van der Waals surface area contributed by atoms with Crippen LogP contribution in [0.5, 0.6) is 11.5 Å². The van der Waals surface area contributed by atoms with Crippen molar-refractivity contribution in [2.45, 2.75) is 24.5 Å². The molecule has 0 bridgehead atoms. The summed E-state index contributed by atoms with van der Waals surface area (Å²) in [4.78, 5) is 2.59. The van der Waals surface area contributed by atoms with Gasteiger partial charge in [0.2, 0.25) is 6.79 Å². The highest BCUT2D eigenvalue weighted by atomic mass is 16.7. The molecule has 1 aromatic carbocycles. The van der Waals surface area contributed by atoms with E-state index in [2.05, 4.69) is 35.3 Å². The van der Waals surface area contributed by atoms with Crippen LogP contribution in [-0.2, 0) is 16.7 Å². The molecule has 0 N–H and O–H groups in total. The third-order valence-corrected chi connectivity index (χ3v) is 5.53. The molecule has 0 unspecified atom stereocenters. The lowest BCUT2D eigenvalue weighted by Gasteiger charge is -2.48. The zero-order chi connectivity index (χ0) is 14.7. The van der Waals surface area contributed by atoms with Gasteiger partial charge in [0, 0.05) is 26.6 Å². The third kappa shape index (κ3) is 1.49. The predicted molar refractivity (Wildman–Crippen MR) is 82.2 cm³/mol. The molecule has 0 aromatic heterocycles. The first-order chi connectivity index (χ1) is 10.8. The van der Waals surface area contributed by atoms with Crippen molar-refractivity contribution in [3.8, 4) is 11.5 Å². The van der Waals surface area contributed by atoms with Crippen LogP contribution in [0.15, 0.2) is 35.9 Å². The summed E-state index contributed by atoms with van der Waals surface area (Å²) in [6, 6.07) is 4.38. The molecule has 22 heavy (non-hydrogen) atoms. The Morgan fingerprint density at radius 1 is 1.27 bits per heavy atom. The molecule has 1 aromatic rings. The van der Waals surface area contributed by atoms with Crippen molar-refractivity contribution < 1.29 is 14.2 Å². The predicted octanol–water partition coefficient (Wildman–Crippen LogP) is 2.38. The lowest BCUT2D eigenvalue weighted by atomic mass is 9.71. The maximum absolute atomic E-state index is 5.65. The van der Waals surface area contributed by atoms with Gasteiger partial charge in [-0.3, -0.25) is 4.90 Å². The van der Waals surface area contributed by atoms with Crippen molar-refractivity contribution in [2.75, 3.05) is 27.0 Å². The van der Waals surface area contributed by atoms with Gasteiger partial charge in [0.1, 0.15) is 0 Å². The molecular formula is C18H19NO3. The highest BCUT2D eigenvalue weighted by molar-refractivity contribution is 5.58. The highest BCUT2D eigenvalue weighted by Crippen LogP contribution is 2.52. The highest BCUT2D eigenvalue weighted by Gasteiger charge is 2.50. The number of hydrogen-bond donors (Lipinski definition) is 0. The van der Waals surface area contributed by atoms with E-state index in [1.54, 1.807) is 7.11 Å². The van der Waals surface area contributed by atoms with Gasteiger partial charge in [-0.15, -0.1) is 0 Å². The van der Waals surface area contributed by atoms with E-state index in [9.17, 15) is 0 Å². The summed E-state index contributed by atoms with van der Waals surface area (Å²) >= 11 is 0. The van der Waals surface area contributed by atoms with Gasteiger partial charge < -0.3 is 14.2 Å². The summed E-state index contributed by atoms with van der Waals surface area (Å²) < 4.78 is 16.9. The average Bonchev–Trinajstić information content (AvgIpc) is 3.16. The minimum atomic E-state index is -0.0516. The van der Waals surface area contributed by atoms with Gasteiger partial charge in [0.05, 0.1) is 11.6 Å². The summed E-state index contributed by atoms with van der Waals surface area (Å²) in [5, 5.41) is 0. The number of rotatable bonds is 1. The lowest BCUT2D eigenvalue weighted by Crippen LogP contribution is -2.51. The number of hydrogen-bond acceptors (Lipinski definition) is 4. The molecule has 1 spiro atoms. The number of nitrogens with zero attached hydrogens (tertiary/aromatic N) is 1. The van der Waals surface area contributed by atoms with E-state index in [1.165, 1.54) is 16.7 Å². The minimum Gasteiger partial charge on any atom is -0.454 e. The second-order valence-electron chi connectivity index (χ2n) is 6.42. The van der Waals surface area contributed by atoms with E-state index < -0.39 is 0 Å². The molecule has 1 aliphatic carbocycles. The molecule has 3 heterocycles. The molecule has 4 aliphatic rings. The number of ether oxygens (including phenoxy) is 3. The van der Waals surface area contributed by atoms with Crippen molar-refractivity contribution in [3.05, 3.63) is 47.1 Å². The molecule has 0 fully saturated rings. The number of fused-ring (bicyclic) bond motifs is 2. The van der Waals surface area contributed by atoms with E-state index in [4.69, 9.17) is 14.2 Å². The largest absolute Gasteiger partial charge is 0.454 e. The number of methoxy groups -OCH3 is 1. The lowest BCUT2D eigenvalue weighted by molar-refractivity contribution is 0.0514. The van der Waals surface area contributed by atoms with E-state index in [0.717, 1.165) is 37.4 Å². The van der Waals surface area contributed by atoms with Gasteiger partial charge in [-0.2, -0.15) is 0 Å². The van der Waals surface area contributed by atoms with E-state index in [-0.39, 0.29) is 11.6 Å². The van der Waals surface area contributed by atoms with Gasteiger partial charge in [0.15, 0.2) is 11.5 Å². The Morgan fingerprint density at radius 2 is 2.14 bits per heavy atom. The first-order valence-electron chi connectivity index (χ1n) is 7.91. The molecular weight excluding hydrogens is 278 g/mol. The molecule has 2 atom stereocenters. The van der Waals surface area contributed by atoms with Crippen molar-refractivity contribution >= 4 is 0 Å². The van der Waals surface area contributed by atoms with Crippen molar-refractivity contribution in [1.82, 2.24) is 4.90 Å². The van der Waals surface area contributed by atoms with Crippen molar-refractivity contribution in [2.24, 2.45) is 0 Å². The van der Waals surface area contributed by atoms with Crippen LogP contribution in [0.1, 0.15) is 17.5 Å². The Balaban J connectivity index is 1.72. The second kappa shape index (κ2) is 4.37. The first-order valence-corrected chi connectivity index (χ1v) is 7.91. The molecule has 3 aliphatic heterocycles. The van der Waals surface area contributed by atoms with E-state index >= 15 is 0 Å². The maximum atomic E-state index is 5.65. The fraction of sp³-hybridized carbons (Fsp3) is 0.444. The Kier molecular flexibility index (Phi) is 2.53. The minimum absolute atomic E-state index is 0.0516. The first kappa shape index (κ1) is 12.7. The van der Waals surface area contributed by atoms with Crippen LogP contribution in [0.2, 0.25) is 0 Å². The standard InChI is InChI=1S/C18H19NO3/c1-20-14-3-2-13-5-7-19-6-4-12-8-16-17(22-11-21-16)9-15(12)18(13,19)10-14/h2-3,5,8-9,14H,4,6-7,10-11H2,1H3/t14-,18-/m1/s1. The van der Waals surface area contributed by atoms with Gasteiger partial charge >= 0.3 is 0 Å². The summed E-state index contributed by atoms with van der Waals surface area (Å²) in [6.45, 7) is 2.43. The summed E-state index contributed by atoms with van der Waals surface area (Å²) in [7, 11) is 1.79. The monoisotopic (exact) mass is 297 g/mol. The average molecular weight is 297 g/mol. The van der Waals surface area contributed by atoms with Crippen LogP contribution in [0.4, 0.5) is 0 Å². The van der Waals surface area contributed by atoms with E-state index in [1.807, 2.05) is 0 Å². The van der Waals surface area contributed by atoms with Crippen molar-refractivity contribution in [3.63, 3.8) is 0 Å². The zero-order valence-electron chi connectivity index (χ0n) is 12.7. The maximum Gasteiger partial charge on any atom is 0.231 e. The van der Waals surface area contributed by atoms with Gasteiger partial charge in [-0.25, -0.2) is 0 Å². The fourth-order valence-corrected chi connectivity index (χ4v) is 4.45. The molecule has 0 saturated heterocycles. The smallest absolute Gasteiger partial charge is 0.231 e. The Hall–Kier alpha value is -1.78. The van der Waals surface area contributed by atoms with E-state index in [0.29, 0.717) is 6.79 Å². The second-order valence-corrected chi connectivity index (χ2v) is 6.42. The van der Waals surface area contributed by atoms with Crippen LogP contribution in [0, 0.1) is 0 Å². The molecule has 0 radical (unpaired) electrons. The van der Waals surface area contributed by atoms with Crippen LogP contribution in [-0.4, -0.2) is 38.0 Å². The van der Waals surface area contributed by atoms with Crippen LogP contribution in [0.25, 0.3) is 0 Å². The quantitative estimate of drug-likeness (QED) is 0.796. The topological polar surface area (TPSA) is 30.9 Å². The van der Waals surface area contributed by atoms with Gasteiger partial charge in [-0.1, -0.05) is 18.2 Å². The Labute approximate surface area is 130 Å². The fourth-order valence-electron chi connectivity index (χ4n) is 4.45. The number of benzene rings is 1. The molecule has 0 saturated carbocycles. The molecule has 4 nitrogen and oxygen atoms in total. The summed E-state index contributed by atoms with van der Waals surface area (Å²) in [6.07, 6.45) is 8.99. The molecule has 5 rings (SSSR count). The molecule has 4 heteroatoms. The summed E-state index contributed by atoms with van der Waals surface area (Å²) in [5.41, 5.74) is 4.11. The normalized spacial score (nSPS) is 31.5. The zero-order valence-corrected chi connectivity index (χ0v) is 12.7.